The molecule has 0 aliphatic rings. The van der Waals surface area contributed by atoms with Gasteiger partial charge in [0.2, 0.25) is 5.91 Å². The Hall–Kier alpha value is -3.36. The molecule has 26 heavy (non-hydrogen) atoms. The van der Waals surface area contributed by atoms with Crippen molar-refractivity contribution in [1.82, 2.24) is 14.3 Å². The summed E-state index contributed by atoms with van der Waals surface area (Å²) in [6.45, 7) is -0.524. The van der Waals surface area contributed by atoms with E-state index in [1.54, 1.807) is 47.4 Å². The number of anilines is 1. The topological polar surface area (TPSA) is 68.9 Å². The van der Waals surface area contributed by atoms with Crippen molar-refractivity contribution in [2.45, 2.75) is 12.7 Å². The summed E-state index contributed by atoms with van der Waals surface area (Å²) in [5.41, 5.74) is -1.34. The van der Waals surface area contributed by atoms with Crippen molar-refractivity contribution in [3.05, 3.63) is 77.0 Å². The molecular weight excluding hydrogens is 349 g/mol. The van der Waals surface area contributed by atoms with E-state index < -0.39 is 29.8 Å². The van der Waals surface area contributed by atoms with Crippen LogP contribution in [0.4, 0.5) is 18.9 Å². The third kappa shape index (κ3) is 3.82. The summed E-state index contributed by atoms with van der Waals surface area (Å²) < 4.78 is 40.6. The molecule has 134 valence electrons. The van der Waals surface area contributed by atoms with E-state index in [1.807, 2.05) is 0 Å². The summed E-state index contributed by atoms with van der Waals surface area (Å²) >= 11 is 0. The van der Waals surface area contributed by atoms with Crippen LogP contribution in [0.1, 0.15) is 5.56 Å². The number of carbonyl (C=O) groups is 1. The number of pyridine rings is 1. The minimum absolute atomic E-state index is 0.450. The van der Waals surface area contributed by atoms with Gasteiger partial charge in [0.15, 0.2) is 0 Å². The van der Waals surface area contributed by atoms with Crippen molar-refractivity contribution in [1.29, 1.82) is 0 Å². The van der Waals surface area contributed by atoms with E-state index in [-0.39, 0.29) is 0 Å². The average Bonchev–Trinajstić information content (AvgIpc) is 3.11. The van der Waals surface area contributed by atoms with Gasteiger partial charge in [0, 0.05) is 24.3 Å². The predicted octanol–water partition coefficient (Wildman–Crippen LogP) is 2.69. The summed E-state index contributed by atoms with van der Waals surface area (Å²) in [5, 5.41) is 6.61. The van der Waals surface area contributed by atoms with Crippen LogP contribution < -0.4 is 10.9 Å². The van der Waals surface area contributed by atoms with Gasteiger partial charge in [-0.05, 0) is 42.5 Å². The van der Waals surface area contributed by atoms with Crippen molar-refractivity contribution in [3.63, 3.8) is 0 Å². The first kappa shape index (κ1) is 17.5. The standard InChI is InChI=1S/C17H13F3N4O2/c18-17(19,20)14-3-1-9-23(16(14)26)11-15(25)22-12-4-6-13(7-5-12)24-10-2-8-21-24/h1-10H,11H2,(H,22,25). The number of hydrogen-bond donors (Lipinski definition) is 1. The first-order valence-electron chi connectivity index (χ1n) is 7.51. The Balaban J connectivity index is 1.71. The zero-order valence-electron chi connectivity index (χ0n) is 13.3. The van der Waals surface area contributed by atoms with E-state index in [1.165, 1.54) is 0 Å². The van der Waals surface area contributed by atoms with Gasteiger partial charge >= 0.3 is 6.18 Å². The van der Waals surface area contributed by atoms with E-state index in [0.29, 0.717) is 11.8 Å². The molecule has 6 nitrogen and oxygen atoms in total. The molecule has 3 aromatic rings. The average molecular weight is 362 g/mol. The van der Waals surface area contributed by atoms with Crippen LogP contribution in [0.15, 0.2) is 65.8 Å². The summed E-state index contributed by atoms with van der Waals surface area (Å²) in [6.07, 6.45) is -0.243. The molecule has 0 atom stereocenters. The lowest BCUT2D eigenvalue weighted by molar-refractivity contribution is -0.139. The summed E-state index contributed by atoms with van der Waals surface area (Å²) in [7, 11) is 0. The molecule has 0 radical (unpaired) electrons. The molecule has 0 saturated heterocycles. The normalized spacial score (nSPS) is 11.3. The Morgan fingerprint density at radius 2 is 1.81 bits per heavy atom. The van der Waals surface area contributed by atoms with E-state index >= 15 is 0 Å². The van der Waals surface area contributed by atoms with Crippen molar-refractivity contribution in [2.24, 2.45) is 0 Å². The second-order valence-corrected chi connectivity index (χ2v) is 5.40. The number of nitrogens with one attached hydrogen (secondary N) is 1. The van der Waals surface area contributed by atoms with Crippen LogP contribution in [-0.4, -0.2) is 20.3 Å². The van der Waals surface area contributed by atoms with Gasteiger partial charge in [-0.2, -0.15) is 18.3 Å². The summed E-state index contributed by atoms with van der Waals surface area (Å²) in [4.78, 5) is 23.9. The number of benzene rings is 1. The van der Waals surface area contributed by atoms with Crippen LogP contribution in [0.5, 0.6) is 0 Å². The zero-order valence-corrected chi connectivity index (χ0v) is 13.3. The Kier molecular flexibility index (Phi) is 4.61. The molecule has 1 amide bonds. The van der Waals surface area contributed by atoms with E-state index in [0.717, 1.165) is 22.5 Å². The van der Waals surface area contributed by atoms with E-state index in [2.05, 4.69) is 10.4 Å². The van der Waals surface area contributed by atoms with Gasteiger partial charge in [-0.25, -0.2) is 4.68 Å². The predicted molar refractivity (Wildman–Crippen MR) is 87.9 cm³/mol. The number of nitrogens with zero attached hydrogens (tertiary/aromatic N) is 3. The monoisotopic (exact) mass is 362 g/mol. The molecule has 1 N–H and O–H groups in total. The van der Waals surface area contributed by atoms with Gasteiger partial charge in [0.05, 0.1) is 5.69 Å². The largest absolute Gasteiger partial charge is 0.421 e. The molecule has 0 fully saturated rings. The van der Waals surface area contributed by atoms with Gasteiger partial charge in [0.1, 0.15) is 12.1 Å². The number of rotatable bonds is 4. The number of alkyl halides is 3. The van der Waals surface area contributed by atoms with Crippen LogP contribution in [0.2, 0.25) is 0 Å². The lowest BCUT2D eigenvalue weighted by Gasteiger charge is -2.11. The van der Waals surface area contributed by atoms with E-state index in [9.17, 15) is 22.8 Å². The third-order valence-corrected chi connectivity index (χ3v) is 3.56. The molecule has 0 unspecified atom stereocenters. The van der Waals surface area contributed by atoms with Crippen molar-refractivity contribution >= 4 is 11.6 Å². The minimum Gasteiger partial charge on any atom is -0.325 e. The van der Waals surface area contributed by atoms with Crippen molar-refractivity contribution < 1.29 is 18.0 Å². The number of carbonyl (C=O) groups excluding carboxylic acids is 1. The Labute approximate surface area is 145 Å². The van der Waals surface area contributed by atoms with Gasteiger partial charge in [-0.3, -0.25) is 9.59 Å². The molecule has 0 spiro atoms. The molecule has 0 aliphatic carbocycles. The van der Waals surface area contributed by atoms with Crippen molar-refractivity contribution in [2.75, 3.05) is 5.32 Å². The number of aromatic nitrogens is 3. The highest BCUT2D eigenvalue weighted by Crippen LogP contribution is 2.25. The van der Waals surface area contributed by atoms with Gasteiger partial charge in [-0.1, -0.05) is 0 Å². The molecule has 0 aliphatic heterocycles. The maximum atomic E-state index is 12.7. The Morgan fingerprint density at radius 3 is 2.42 bits per heavy atom. The molecule has 9 heteroatoms. The Bertz CT molecular complexity index is 961. The molecular formula is C17H13F3N4O2. The number of halogens is 3. The number of amides is 1. The molecule has 0 bridgehead atoms. The molecule has 3 rings (SSSR count). The van der Waals surface area contributed by atoms with Crippen LogP contribution in [0.3, 0.4) is 0 Å². The fourth-order valence-electron chi connectivity index (χ4n) is 2.35. The highest BCUT2D eigenvalue weighted by atomic mass is 19.4. The smallest absolute Gasteiger partial charge is 0.325 e. The lowest BCUT2D eigenvalue weighted by atomic mass is 10.2. The quantitative estimate of drug-likeness (QED) is 0.776. The highest BCUT2D eigenvalue weighted by Gasteiger charge is 2.34. The van der Waals surface area contributed by atoms with Gasteiger partial charge in [0.25, 0.3) is 5.56 Å². The van der Waals surface area contributed by atoms with Crippen LogP contribution in [0.25, 0.3) is 5.69 Å². The first-order chi connectivity index (χ1) is 12.3. The number of hydrogen-bond acceptors (Lipinski definition) is 3. The SMILES string of the molecule is O=C(Cn1cccc(C(F)(F)F)c1=O)Nc1ccc(-n2cccn2)cc1. The van der Waals surface area contributed by atoms with Crippen LogP contribution >= 0.6 is 0 Å². The first-order valence-corrected chi connectivity index (χ1v) is 7.51. The molecule has 1 aromatic carbocycles. The lowest BCUT2D eigenvalue weighted by Crippen LogP contribution is -2.31. The van der Waals surface area contributed by atoms with Crippen LogP contribution in [0, 0.1) is 0 Å². The van der Waals surface area contributed by atoms with E-state index in [4.69, 9.17) is 0 Å². The minimum atomic E-state index is -4.76. The third-order valence-electron chi connectivity index (χ3n) is 3.56. The zero-order chi connectivity index (χ0) is 18.7. The molecule has 2 aromatic heterocycles. The fraction of sp³-hybridized carbons (Fsp3) is 0.118. The van der Waals surface area contributed by atoms with Crippen LogP contribution in [-0.2, 0) is 17.5 Å². The maximum Gasteiger partial charge on any atom is 0.421 e. The van der Waals surface area contributed by atoms with Gasteiger partial charge in [-0.15, -0.1) is 0 Å². The maximum absolute atomic E-state index is 12.7. The second kappa shape index (κ2) is 6.87. The van der Waals surface area contributed by atoms with Crippen molar-refractivity contribution in [3.8, 4) is 5.69 Å². The fourth-order valence-corrected chi connectivity index (χ4v) is 2.35. The summed E-state index contributed by atoms with van der Waals surface area (Å²) in [6, 6.07) is 10.2. The summed E-state index contributed by atoms with van der Waals surface area (Å²) in [5.74, 6) is -0.613. The van der Waals surface area contributed by atoms with Gasteiger partial charge < -0.3 is 9.88 Å². The second-order valence-electron chi connectivity index (χ2n) is 5.40. The molecule has 2 heterocycles. The Morgan fingerprint density at radius 1 is 1.08 bits per heavy atom. The molecule has 0 saturated carbocycles. The highest BCUT2D eigenvalue weighted by molar-refractivity contribution is 5.90.